The van der Waals surface area contributed by atoms with Gasteiger partial charge in [-0.25, -0.2) is 13.1 Å². The number of hydrogen-bond donors (Lipinski definition) is 2. The van der Waals surface area contributed by atoms with Crippen LogP contribution in [-0.2, 0) is 14.8 Å². The molecule has 0 saturated carbocycles. The number of anilines is 1. The predicted octanol–water partition coefficient (Wildman–Crippen LogP) is 3.25. The quantitative estimate of drug-likeness (QED) is 0.729. The highest BCUT2D eigenvalue weighted by Crippen LogP contribution is 2.26. The van der Waals surface area contributed by atoms with Gasteiger partial charge in [0.1, 0.15) is 15.6 Å². The van der Waals surface area contributed by atoms with Crippen molar-refractivity contribution >= 4 is 45.1 Å². The van der Waals surface area contributed by atoms with Gasteiger partial charge in [-0.15, -0.1) is 11.3 Å². The van der Waals surface area contributed by atoms with Gasteiger partial charge in [0.05, 0.1) is 0 Å². The van der Waals surface area contributed by atoms with Gasteiger partial charge in [-0.1, -0.05) is 19.0 Å². The van der Waals surface area contributed by atoms with Crippen LogP contribution >= 0.6 is 11.3 Å². The first-order valence-electron chi connectivity index (χ1n) is 7.91. The lowest BCUT2D eigenvalue weighted by Gasteiger charge is -2.01. The minimum Gasteiger partial charge on any atom is -0.354 e. The van der Waals surface area contributed by atoms with Crippen molar-refractivity contribution < 1.29 is 17.7 Å². The number of sulfonamides is 1. The van der Waals surface area contributed by atoms with E-state index in [1.54, 1.807) is 38.1 Å². The molecule has 0 saturated heterocycles. The Morgan fingerprint density at radius 1 is 1.32 bits per heavy atom. The molecule has 0 aromatic carbocycles. The average Bonchev–Trinajstić information content (AvgIpc) is 3.19. The third kappa shape index (κ3) is 5.00. The number of aromatic nitrogens is 1. The SMILES string of the molecule is CCCNS(=O)(=O)c1ccc(C=Cc2onc(C)c2NC(=O)CC)s1. The van der Waals surface area contributed by atoms with Crippen LogP contribution in [0.5, 0.6) is 0 Å². The number of carbonyl (C=O) groups excluding carboxylic acids is 1. The van der Waals surface area contributed by atoms with E-state index in [0.29, 0.717) is 30.1 Å². The Kier molecular flexibility index (Phi) is 6.51. The fourth-order valence-electron chi connectivity index (χ4n) is 1.91. The summed E-state index contributed by atoms with van der Waals surface area (Å²) in [5, 5.41) is 6.60. The van der Waals surface area contributed by atoms with Gasteiger partial charge in [0, 0.05) is 17.8 Å². The lowest BCUT2D eigenvalue weighted by molar-refractivity contribution is -0.115. The molecule has 0 aliphatic carbocycles. The summed E-state index contributed by atoms with van der Waals surface area (Å²) in [5.74, 6) is 0.286. The molecule has 7 nitrogen and oxygen atoms in total. The van der Waals surface area contributed by atoms with Gasteiger partial charge in [-0.05, 0) is 37.6 Å². The fraction of sp³-hybridized carbons (Fsp3) is 0.375. The molecule has 0 bridgehead atoms. The van der Waals surface area contributed by atoms with Gasteiger partial charge in [0.25, 0.3) is 0 Å². The van der Waals surface area contributed by atoms with Crippen LogP contribution in [0.15, 0.2) is 20.9 Å². The number of amides is 1. The molecule has 0 aliphatic rings. The molecule has 0 fully saturated rings. The Morgan fingerprint density at radius 2 is 2.08 bits per heavy atom. The van der Waals surface area contributed by atoms with Crippen molar-refractivity contribution in [2.45, 2.75) is 37.8 Å². The number of aryl methyl sites for hydroxylation is 1. The summed E-state index contributed by atoms with van der Waals surface area (Å²) in [6.45, 7) is 5.80. The Morgan fingerprint density at radius 3 is 2.76 bits per heavy atom. The van der Waals surface area contributed by atoms with Crippen LogP contribution in [0.25, 0.3) is 12.2 Å². The van der Waals surface area contributed by atoms with Crippen molar-refractivity contribution in [2.75, 3.05) is 11.9 Å². The monoisotopic (exact) mass is 383 g/mol. The number of carbonyl (C=O) groups is 1. The minimum absolute atomic E-state index is 0.132. The molecule has 0 aliphatic heterocycles. The van der Waals surface area contributed by atoms with Gasteiger partial charge in [0.15, 0.2) is 5.76 Å². The number of nitrogens with zero attached hydrogens (tertiary/aromatic N) is 1. The van der Waals surface area contributed by atoms with Crippen LogP contribution in [0.2, 0.25) is 0 Å². The molecule has 0 atom stereocenters. The highest BCUT2D eigenvalue weighted by atomic mass is 32.2. The second-order valence-corrected chi connectivity index (χ2v) is 8.41. The first-order valence-corrected chi connectivity index (χ1v) is 10.2. The average molecular weight is 383 g/mol. The maximum absolute atomic E-state index is 12.1. The second kappa shape index (κ2) is 8.41. The highest BCUT2D eigenvalue weighted by molar-refractivity contribution is 7.91. The normalized spacial score (nSPS) is 12.0. The van der Waals surface area contributed by atoms with Gasteiger partial charge in [-0.2, -0.15) is 0 Å². The van der Waals surface area contributed by atoms with Gasteiger partial charge >= 0.3 is 0 Å². The summed E-state index contributed by atoms with van der Waals surface area (Å²) in [6.07, 6.45) is 4.47. The lowest BCUT2D eigenvalue weighted by atomic mass is 10.2. The van der Waals surface area contributed by atoms with Crippen LogP contribution in [0.3, 0.4) is 0 Å². The molecule has 2 aromatic heterocycles. The van der Waals surface area contributed by atoms with Gasteiger partial charge in [-0.3, -0.25) is 4.79 Å². The second-order valence-electron chi connectivity index (χ2n) is 5.30. The molecule has 0 unspecified atom stereocenters. The Balaban J connectivity index is 2.17. The first-order chi connectivity index (χ1) is 11.9. The number of rotatable bonds is 8. The zero-order valence-corrected chi connectivity index (χ0v) is 16.0. The molecule has 2 N–H and O–H groups in total. The molecule has 25 heavy (non-hydrogen) atoms. The van der Waals surface area contributed by atoms with Crippen molar-refractivity contribution in [3.05, 3.63) is 28.5 Å². The Bertz CT molecular complexity index is 866. The largest absolute Gasteiger partial charge is 0.354 e. The summed E-state index contributed by atoms with van der Waals surface area (Å²) >= 11 is 1.15. The molecule has 0 spiro atoms. The van der Waals surface area contributed by atoms with Crippen LogP contribution < -0.4 is 10.0 Å². The molecule has 1 amide bonds. The maximum Gasteiger partial charge on any atom is 0.250 e. The summed E-state index contributed by atoms with van der Waals surface area (Å²) in [4.78, 5) is 12.3. The van der Waals surface area contributed by atoms with Crippen molar-refractivity contribution in [3.63, 3.8) is 0 Å². The van der Waals surface area contributed by atoms with Gasteiger partial charge in [0.2, 0.25) is 15.9 Å². The molecular formula is C16H21N3O4S2. The van der Waals surface area contributed by atoms with Crippen LogP contribution in [0, 0.1) is 6.92 Å². The molecule has 2 heterocycles. The lowest BCUT2D eigenvalue weighted by Crippen LogP contribution is -2.23. The Labute approximate surface area is 151 Å². The first kappa shape index (κ1) is 19.4. The molecule has 136 valence electrons. The molecule has 9 heteroatoms. The molecular weight excluding hydrogens is 362 g/mol. The van der Waals surface area contributed by atoms with Crippen LogP contribution in [0.4, 0.5) is 5.69 Å². The summed E-state index contributed by atoms with van der Waals surface area (Å²) < 4.78 is 32.2. The van der Waals surface area contributed by atoms with Crippen molar-refractivity contribution in [1.82, 2.24) is 9.88 Å². The van der Waals surface area contributed by atoms with Crippen LogP contribution in [0.1, 0.15) is 43.0 Å². The topological polar surface area (TPSA) is 101 Å². The van der Waals surface area contributed by atoms with E-state index in [9.17, 15) is 13.2 Å². The van der Waals surface area contributed by atoms with Gasteiger partial charge < -0.3 is 9.84 Å². The zero-order valence-electron chi connectivity index (χ0n) is 14.3. The molecule has 0 radical (unpaired) electrons. The van der Waals surface area contributed by atoms with E-state index in [1.165, 1.54) is 0 Å². The van der Waals surface area contributed by atoms with E-state index in [0.717, 1.165) is 22.6 Å². The van der Waals surface area contributed by atoms with Crippen molar-refractivity contribution in [1.29, 1.82) is 0 Å². The maximum atomic E-state index is 12.1. The van der Waals surface area contributed by atoms with E-state index in [4.69, 9.17) is 4.52 Å². The highest BCUT2D eigenvalue weighted by Gasteiger charge is 2.16. The Hall–Kier alpha value is -1.97. The van der Waals surface area contributed by atoms with Crippen molar-refractivity contribution in [3.8, 4) is 0 Å². The fourth-order valence-corrected chi connectivity index (χ4v) is 4.32. The number of nitrogens with one attached hydrogen (secondary N) is 2. The number of thiophene rings is 1. The van der Waals surface area contributed by atoms with E-state index in [1.807, 2.05) is 6.92 Å². The summed E-state index contributed by atoms with van der Waals surface area (Å²) in [5.41, 5.74) is 1.11. The molecule has 2 rings (SSSR count). The minimum atomic E-state index is -3.47. The standard InChI is InChI=1S/C16H21N3O4S2/c1-4-10-17-25(21,22)15-9-7-12(24-15)6-8-13-16(11(3)19-23-13)18-14(20)5-2/h6-9,17H,4-5,10H2,1-3H3,(H,18,20). The zero-order chi connectivity index (χ0) is 18.4. The smallest absolute Gasteiger partial charge is 0.250 e. The van der Waals surface area contributed by atoms with Crippen molar-refractivity contribution in [2.24, 2.45) is 0 Å². The van der Waals surface area contributed by atoms with E-state index in [2.05, 4.69) is 15.2 Å². The van der Waals surface area contributed by atoms with E-state index in [-0.39, 0.29) is 10.1 Å². The number of hydrogen-bond acceptors (Lipinski definition) is 6. The third-order valence-corrected chi connectivity index (χ3v) is 6.29. The van der Waals surface area contributed by atoms with Crippen LogP contribution in [-0.4, -0.2) is 26.0 Å². The molecule has 2 aromatic rings. The summed E-state index contributed by atoms with van der Waals surface area (Å²) in [6, 6.07) is 3.28. The third-order valence-electron chi connectivity index (χ3n) is 3.28. The predicted molar refractivity (Wildman–Crippen MR) is 98.9 cm³/mol. The summed E-state index contributed by atoms with van der Waals surface area (Å²) in [7, 11) is -3.47. The van der Waals surface area contributed by atoms with E-state index >= 15 is 0 Å². The van der Waals surface area contributed by atoms with E-state index < -0.39 is 10.0 Å².